The van der Waals surface area contributed by atoms with E-state index in [9.17, 15) is 0 Å². The molecule has 1 fully saturated rings. The third-order valence-corrected chi connectivity index (χ3v) is 5.98. The summed E-state index contributed by atoms with van der Waals surface area (Å²) >= 11 is 5.25. The number of nitrogens with two attached hydrogens (primary N) is 1. The molecule has 21 heavy (non-hydrogen) atoms. The van der Waals surface area contributed by atoms with Gasteiger partial charge in [0.2, 0.25) is 5.89 Å². The van der Waals surface area contributed by atoms with Gasteiger partial charge in [-0.05, 0) is 53.4 Å². The number of hydrogen-bond donors (Lipinski definition) is 1. The van der Waals surface area contributed by atoms with E-state index in [1.807, 2.05) is 18.2 Å². The topological polar surface area (TPSA) is 64.9 Å². The van der Waals surface area contributed by atoms with Gasteiger partial charge in [-0.15, -0.1) is 11.8 Å². The summed E-state index contributed by atoms with van der Waals surface area (Å²) in [6.07, 6.45) is 3.49. The van der Waals surface area contributed by atoms with E-state index in [1.165, 1.54) is 17.7 Å². The number of hydrogen-bond acceptors (Lipinski definition) is 5. The molecule has 3 rings (SSSR count). The molecule has 2 aromatic rings. The van der Waals surface area contributed by atoms with Crippen molar-refractivity contribution in [2.45, 2.75) is 35.8 Å². The Morgan fingerprint density at radius 2 is 2.19 bits per heavy atom. The number of thioether (sulfide) groups is 1. The minimum atomic E-state index is 0.352. The second-order valence-electron chi connectivity index (χ2n) is 5.30. The van der Waals surface area contributed by atoms with Crippen LogP contribution in [0.3, 0.4) is 0 Å². The van der Waals surface area contributed by atoms with Crippen molar-refractivity contribution in [1.82, 2.24) is 10.1 Å². The number of aromatic nitrogens is 2. The predicted molar refractivity (Wildman–Crippen MR) is 87.1 cm³/mol. The molecular formula is C15H18BrN3OS. The lowest BCUT2D eigenvalue weighted by atomic mass is 9.96. The molecule has 2 unspecified atom stereocenters. The van der Waals surface area contributed by atoms with Crippen molar-refractivity contribution in [2.75, 3.05) is 6.54 Å². The zero-order valence-corrected chi connectivity index (χ0v) is 14.1. The molecule has 1 aliphatic rings. The number of nitrogens with zero attached hydrogens (tertiary/aromatic N) is 2. The lowest BCUT2D eigenvalue weighted by Crippen LogP contribution is -2.17. The van der Waals surface area contributed by atoms with Crippen LogP contribution in [0.25, 0.3) is 0 Å². The Hall–Kier alpha value is -0.850. The summed E-state index contributed by atoms with van der Waals surface area (Å²) < 4.78 is 6.55. The summed E-state index contributed by atoms with van der Waals surface area (Å²) in [6.45, 7) is 0.702. The average molecular weight is 368 g/mol. The van der Waals surface area contributed by atoms with Crippen LogP contribution >= 0.6 is 27.7 Å². The highest BCUT2D eigenvalue weighted by atomic mass is 79.9. The first-order valence-corrected chi connectivity index (χ1v) is 8.95. The Morgan fingerprint density at radius 1 is 1.33 bits per heavy atom. The average Bonchev–Trinajstić information content (AvgIpc) is 3.14. The van der Waals surface area contributed by atoms with Crippen molar-refractivity contribution in [3.8, 4) is 0 Å². The summed E-state index contributed by atoms with van der Waals surface area (Å²) in [5.74, 6) is 3.09. The predicted octanol–water partition coefficient (Wildman–Crippen LogP) is 3.97. The molecule has 2 atom stereocenters. The van der Waals surface area contributed by atoms with E-state index in [-0.39, 0.29) is 0 Å². The van der Waals surface area contributed by atoms with E-state index in [4.69, 9.17) is 10.3 Å². The first-order valence-electron chi connectivity index (χ1n) is 7.18. The number of rotatable bonds is 5. The maximum Gasteiger partial charge on any atom is 0.230 e. The molecule has 6 heteroatoms. The first-order chi connectivity index (χ1) is 10.3. The molecule has 0 aliphatic heterocycles. The van der Waals surface area contributed by atoms with Crippen molar-refractivity contribution in [3.63, 3.8) is 0 Å². The van der Waals surface area contributed by atoms with Crippen LogP contribution in [-0.4, -0.2) is 16.7 Å². The van der Waals surface area contributed by atoms with Gasteiger partial charge in [0, 0.05) is 15.3 Å². The molecule has 0 amide bonds. The van der Waals surface area contributed by atoms with Crippen LogP contribution in [0.4, 0.5) is 0 Å². The van der Waals surface area contributed by atoms with Gasteiger partial charge in [-0.1, -0.05) is 23.7 Å². The van der Waals surface area contributed by atoms with E-state index >= 15 is 0 Å². The van der Waals surface area contributed by atoms with Crippen molar-refractivity contribution in [1.29, 1.82) is 0 Å². The van der Waals surface area contributed by atoms with Crippen LogP contribution in [0.2, 0.25) is 0 Å². The molecule has 1 aromatic heterocycles. The molecule has 2 N–H and O–H groups in total. The molecule has 0 radical (unpaired) electrons. The second kappa shape index (κ2) is 6.94. The third kappa shape index (κ3) is 3.49. The lowest BCUT2D eigenvalue weighted by molar-refractivity contribution is 0.324. The van der Waals surface area contributed by atoms with E-state index in [0.717, 1.165) is 22.6 Å². The maximum absolute atomic E-state index is 5.82. The summed E-state index contributed by atoms with van der Waals surface area (Å²) in [5, 5.41) is 4.11. The van der Waals surface area contributed by atoms with Crippen molar-refractivity contribution < 1.29 is 4.52 Å². The van der Waals surface area contributed by atoms with Crippen molar-refractivity contribution >= 4 is 27.7 Å². The lowest BCUT2D eigenvalue weighted by Gasteiger charge is -2.12. The van der Waals surface area contributed by atoms with Crippen molar-refractivity contribution in [3.05, 3.63) is 40.5 Å². The van der Waals surface area contributed by atoms with E-state index in [2.05, 4.69) is 32.1 Å². The smallest absolute Gasteiger partial charge is 0.230 e. The monoisotopic (exact) mass is 367 g/mol. The van der Waals surface area contributed by atoms with Crippen molar-refractivity contribution in [2.24, 2.45) is 11.7 Å². The zero-order valence-electron chi connectivity index (χ0n) is 11.7. The highest BCUT2D eigenvalue weighted by Crippen LogP contribution is 2.38. The zero-order chi connectivity index (χ0) is 14.7. The standard InChI is InChI=1S/C15H18BrN3OS/c16-12-6-1-2-7-13(12)21-9-14-18-15(20-19-14)11-5-3-4-10(11)8-17/h1-2,6-7,10-11H,3-5,8-9,17H2. The van der Waals surface area contributed by atoms with Gasteiger partial charge in [-0.2, -0.15) is 4.98 Å². The molecule has 1 heterocycles. The Bertz CT molecular complexity index is 604. The molecule has 1 aromatic carbocycles. The minimum absolute atomic E-state index is 0.352. The van der Waals surface area contributed by atoms with Gasteiger partial charge in [-0.3, -0.25) is 0 Å². The molecule has 1 aliphatic carbocycles. The van der Waals surface area contributed by atoms with Crippen LogP contribution in [0.5, 0.6) is 0 Å². The van der Waals surface area contributed by atoms with Gasteiger partial charge in [0.1, 0.15) is 0 Å². The third-order valence-electron chi connectivity index (χ3n) is 3.96. The van der Waals surface area contributed by atoms with E-state index < -0.39 is 0 Å². The first kappa shape index (κ1) is 15.1. The van der Waals surface area contributed by atoms with Crippen LogP contribution in [0, 0.1) is 5.92 Å². The quantitative estimate of drug-likeness (QED) is 0.809. The van der Waals surface area contributed by atoms with Gasteiger partial charge < -0.3 is 10.3 Å². The Balaban J connectivity index is 1.64. The number of benzene rings is 1. The fourth-order valence-corrected chi connectivity index (χ4v) is 4.24. The molecule has 112 valence electrons. The fraction of sp³-hybridized carbons (Fsp3) is 0.467. The minimum Gasteiger partial charge on any atom is -0.339 e. The summed E-state index contributed by atoms with van der Waals surface area (Å²) in [5.41, 5.74) is 5.82. The van der Waals surface area contributed by atoms with Crippen LogP contribution in [0.15, 0.2) is 38.2 Å². The number of halogens is 1. The summed E-state index contributed by atoms with van der Waals surface area (Å²) in [7, 11) is 0. The normalized spacial score (nSPS) is 21.8. The Labute approximate surface area is 137 Å². The van der Waals surface area contributed by atoms with Crippen LogP contribution in [0.1, 0.15) is 36.9 Å². The maximum atomic E-state index is 5.82. The van der Waals surface area contributed by atoms with Gasteiger partial charge >= 0.3 is 0 Å². The highest BCUT2D eigenvalue weighted by molar-refractivity contribution is 9.10. The summed E-state index contributed by atoms with van der Waals surface area (Å²) in [6, 6.07) is 8.15. The van der Waals surface area contributed by atoms with Gasteiger partial charge in [-0.25, -0.2) is 0 Å². The van der Waals surface area contributed by atoms with Crippen LogP contribution < -0.4 is 5.73 Å². The largest absolute Gasteiger partial charge is 0.339 e. The Kier molecular flexibility index (Phi) is 4.98. The summed E-state index contributed by atoms with van der Waals surface area (Å²) in [4.78, 5) is 5.75. The highest BCUT2D eigenvalue weighted by Gasteiger charge is 2.31. The second-order valence-corrected chi connectivity index (χ2v) is 7.17. The van der Waals surface area contributed by atoms with Gasteiger partial charge in [0.15, 0.2) is 5.82 Å². The molecule has 4 nitrogen and oxygen atoms in total. The molecule has 0 saturated heterocycles. The molecule has 1 saturated carbocycles. The van der Waals surface area contributed by atoms with Crippen LogP contribution in [-0.2, 0) is 5.75 Å². The fourth-order valence-electron chi connectivity index (χ4n) is 2.82. The van der Waals surface area contributed by atoms with Gasteiger partial charge in [0.25, 0.3) is 0 Å². The molecule has 0 spiro atoms. The van der Waals surface area contributed by atoms with E-state index in [0.29, 0.717) is 24.1 Å². The van der Waals surface area contributed by atoms with E-state index in [1.54, 1.807) is 11.8 Å². The van der Waals surface area contributed by atoms with Gasteiger partial charge in [0.05, 0.1) is 5.75 Å². The molecule has 0 bridgehead atoms. The SMILES string of the molecule is NCC1CCCC1c1nc(CSc2ccccc2Br)no1. The molecular weight excluding hydrogens is 350 g/mol. The Morgan fingerprint density at radius 3 is 3.00 bits per heavy atom.